The van der Waals surface area contributed by atoms with Crippen LogP contribution in [0.2, 0.25) is 0 Å². The van der Waals surface area contributed by atoms with Crippen molar-refractivity contribution in [3.05, 3.63) is 0 Å². The summed E-state index contributed by atoms with van der Waals surface area (Å²) in [6.45, 7) is 2.40. The van der Waals surface area contributed by atoms with Gasteiger partial charge in [0.2, 0.25) is 0 Å². The number of aliphatic hydroxyl groups excluding tert-OH is 6. The van der Waals surface area contributed by atoms with Gasteiger partial charge in [-0.1, -0.05) is 0 Å². The molecule has 24 heavy (non-hydrogen) atoms. The fraction of sp³-hybridized carbons (Fsp3) is 1.00. The summed E-state index contributed by atoms with van der Waals surface area (Å²) in [5.74, 6) is -0.798. The summed E-state index contributed by atoms with van der Waals surface area (Å²) < 4.78 is 16.6. The highest BCUT2D eigenvalue weighted by molar-refractivity contribution is 4.97. The minimum Gasteiger partial charge on any atom is -0.394 e. The molecule has 9 heteroatoms. The molecule has 0 bridgehead atoms. The normalized spacial score (nSPS) is 44.5. The minimum absolute atomic E-state index is 0.0745. The van der Waals surface area contributed by atoms with Crippen molar-refractivity contribution in [1.29, 1.82) is 0 Å². The van der Waals surface area contributed by atoms with Crippen LogP contribution in [0.3, 0.4) is 0 Å². The van der Waals surface area contributed by atoms with Crippen molar-refractivity contribution in [2.24, 2.45) is 5.92 Å². The third kappa shape index (κ3) is 4.06. The van der Waals surface area contributed by atoms with Crippen molar-refractivity contribution in [3.63, 3.8) is 0 Å². The van der Waals surface area contributed by atoms with Gasteiger partial charge in [0.15, 0.2) is 6.29 Å². The second-order valence-electron chi connectivity index (χ2n) is 6.96. The monoisotopic (exact) mass is 352 g/mol. The summed E-state index contributed by atoms with van der Waals surface area (Å²) in [6, 6.07) is 0. The van der Waals surface area contributed by atoms with Gasteiger partial charge in [0.25, 0.3) is 0 Å². The van der Waals surface area contributed by atoms with Crippen LogP contribution in [0.15, 0.2) is 0 Å². The van der Waals surface area contributed by atoms with Crippen molar-refractivity contribution in [2.45, 2.75) is 68.8 Å². The maximum atomic E-state index is 10.3. The molecule has 0 aromatic carbocycles. The summed E-state index contributed by atoms with van der Waals surface area (Å²) >= 11 is 0. The summed E-state index contributed by atoms with van der Waals surface area (Å²) in [4.78, 5) is 0. The number of aliphatic hydroxyl groups is 6. The SMILES string of the molecule is CC(C)(OC1OC(CO)CC(O)C1O)C1C(CO)OCC(O)C1O. The van der Waals surface area contributed by atoms with Crippen LogP contribution >= 0.6 is 0 Å². The Balaban J connectivity index is 2.15. The van der Waals surface area contributed by atoms with Crippen molar-refractivity contribution < 1.29 is 44.8 Å². The molecule has 0 saturated carbocycles. The molecule has 0 aromatic heterocycles. The Morgan fingerprint density at radius 2 is 1.67 bits per heavy atom. The molecule has 2 aliphatic rings. The van der Waals surface area contributed by atoms with E-state index in [1.54, 1.807) is 13.8 Å². The predicted molar refractivity (Wildman–Crippen MR) is 79.9 cm³/mol. The first kappa shape index (κ1) is 20.0. The highest BCUT2D eigenvalue weighted by atomic mass is 16.7. The maximum absolute atomic E-state index is 10.3. The Bertz CT molecular complexity index is 402. The lowest BCUT2D eigenvalue weighted by Crippen LogP contribution is -2.61. The van der Waals surface area contributed by atoms with Crippen molar-refractivity contribution in [3.8, 4) is 0 Å². The molecule has 2 fully saturated rings. The van der Waals surface area contributed by atoms with Crippen molar-refractivity contribution in [2.75, 3.05) is 19.8 Å². The number of hydrogen-bond donors (Lipinski definition) is 6. The Kier molecular flexibility index (Phi) is 6.57. The van der Waals surface area contributed by atoms with E-state index in [9.17, 15) is 30.6 Å². The van der Waals surface area contributed by atoms with Crippen LogP contribution < -0.4 is 0 Å². The van der Waals surface area contributed by atoms with E-state index in [2.05, 4.69) is 0 Å². The number of ether oxygens (including phenoxy) is 3. The quantitative estimate of drug-likeness (QED) is 0.312. The lowest BCUT2D eigenvalue weighted by Gasteiger charge is -2.48. The molecule has 0 aliphatic carbocycles. The zero-order valence-corrected chi connectivity index (χ0v) is 13.9. The van der Waals surface area contributed by atoms with Crippen molar-refractivity contribution >= 4 is 0 Å². The Hall–Kier alpha value is -0.360. The predicted octanol–water partition coefficient (Wildman–Crippen LogP) is -2.66. The highest BCUT2D eigenvalue weighted by Crippen LogP contribution is 2.36. The van der Waals surface area contributed by atoms with Crippen LogP contribution in [-0.2, 0) is 14.2 Å². The van der Waals surface area contributed by atoms with Gasteiger partial charge in [0.1, 0.15) is 12.2 Å². The van der Waals surface area contributed by atoms with E-state index >= 15 is 0 Å². The molecule has 0 radical (unpaired) electrons. The highest BCUT2D eigenvalue weighted by Gasteiger charge is 2.50. The molecule has 2 aliphatic heterocycles. The Morgan fingerprint density at radius 3 is 2.25 bits per heavy atom. The van der Waals surface area contributed by atoms with Gasteiger partial charge in [-0.25, -0.2) is 0 Å². The van der Waals surface area contributed by atoms with Crippen LogP contribution in [0.1, 0.15) is 20.3 Å². The smallest absolute Gasteiger partial charge is 0.187 e. The third-order valence-electron chi connectivity index (χ3n) is 4.75. The molecule has 0 amide bonds. The molecule has 6 N–H and O–H groups in total. The first-order chi connectivity index (χ1) is 11.2. The molecular formula is C15H28O9. The lowest BCUT2D eigenvalue weighted by atomic mass is 9.78. The molecule has 8 unspecified atom stereocenters. The van der Waals surface area contributed by atoms with Gasteiger partial charge in [-0.15, -0.1) is 0 Å². The van der Waals surface area contributed by atoms with Gasteiger partial charge in [0.05, 0.1) is 49.8 Å². The van der Waals surface area contributed by atoms with E-state index < -0.39 is 54.4 Å². The van der Waals surface area contributed by atoms with Crippen LogP contribution in [0.5, 0.6) is 0 Å². The minimum atomic E-state index is -1.33. The van der Waals surface area contributed by atoms with Gasteiger partial charge in [0, 0.05) is 12.3 Å². The van der Waals surface area contributed by atoms with Gasteiger partial charge >= 0.3 is 0 Å². The molecular weight excluding hydrogens is 324 g/mol. The summed E-state index contributed by atoms with van der Waals surface area (Å²) in [6.07, 6.45) is -7.39. The largest absolute Gasteiger partial charge is 0.394 e. The number of hydrogen-bond acceptors (Lipinski definition) is 9. The van der Waals surface area contributed by atoms with Crippen LogP contribution in [0.4, 0.5) is 0 Å². The topological polar surface area (TPSA) is 149 Å². The van der Waals surface area contributed by atoms with E-state index in [4.69, 9.17) is 14.2 Å². The average molecular weight is 352 g/mol. The van der Waals surface area contributed by atoms with E-state index in [-0.39, 0.29) is 26.2 Å². The van der Waals surface area contributed by atoms with Crippen molar-refractivity contribution in [1.82, 2.24) is 0 Å². The van der Waals surface area contributed by atoms with E-state index in [1.165, 1.54) is 0 Å². The standard InChI is InChI=1S/C15H28O9/c1-15(2,11-10(5-17)22-6-9(19)12(11)20)24-14-13(21)8(18)3-7(4-16)23-14/h7-14,16-21H,3-6H2,1-2H3. The van der Waals surface area contributed by atoms with Gasteiger partial charge in [-0.05, 0) is 13.8 Å². The first-order valence-electron chi connectivity index (χ1n) is 8.10. The van der Waals surface area contributed by atoms with Crippen LogP contribution in [-0.4, -0.2) is 99.0 Å². The van der Waals surface area contributed by atoms with Crippen LogP contribution in [0.25, 0.3) is 0 Å². The molecule has 0 aromatic rings. The maximum Gasteiger partial charge on any atom is 0.187 e. The van der Waals surface area contributed by atoms with E-state index in [1.807, 2.05) is 0 Å². The first-order valence-corrected chi connectivity index (χ1v) is 8.10. The molecule has 0 spiro atoms. The zero-order chi connectivity index (χ0) is 18.1. The Morgan fingerprint density at radius 1 is 1.00 bits per heavy atom. The van der Waals surface area contributed by atoms with E-state index in [0.29, 0.717) is 0 Å². The number of rotatable bonds is 5. The van der Waals surface area contributed by atoms with Crippen LogP contribution in [0, 0.1) is 5.92 Å². The van der Waals surface area contributed by atoms with E-state index in [0.717, 1.165) is 0 Å². The molecule has 2 heterocycles. The molecule has 8 atom stereocenters. The summed E-state index contributed by atoms with van der Waals surface area (Å²) in [5.41, 5.74) is -1.17. The zero-order valence-electron chi connectivity index (χ0n) is 13.9. The molecule has 2 saturated heterocycles. The Labute approximate surface area is 140 Å². The molecule has 2 rings (SSSR count). The van der Waals surface area contributed by atoms with Gasteiger partial charge < -0.3 is 44.8 Å². The second-order valence-corrected chi connectivity index (χ2v) is 6.96. The fourth-order valence-electron chi connectivity index (χ4n) is 3.42. The fourth-order valence-corrected chi connectivity index (χ4v) is 3.42. The lowest BCUT2D eigenvalue weighted by molar-refractivity contribution is -0.323. The van der Waals surface area contributed by atoms with Gasteiger partial charge in [-0.3, -0.25) is 0 Å². The molecule has 142 valence electrons. The molecule has 9 nitrogen and oxygen atoms in total. The summed E-state index contributed by atoms with van der Waals surface area (Å²) in [5, 5.41) is 58.8. The average Bonchev–Trinajstić information content (AvgIpc) is 2.53. The third-order valence-corrected chi connectivity index (χ3v) is 4.75. The van der Waals surface area contributed by atoms with Gasteiger partial charge in [-0.2, -0.15) is 0 Å². The summed E-state index contributed by atoms with van der Waals surface area (Å²) in [7, 11) is 0. The second kappa shape index (κ2) is 7.90.